The summed E-state index contributed by atoms with van der Waals surface area (Å²) in [6.45, 7) is 12.8. The number of hydrogen-bond donors (Lipinski definition) is 1. The van der Waals surface area contributed by atoms with Crippen LogP contribution in [0.2, 0.25) is 0 Å². The third kappa shape index (κ3) is 6.74. The number of piperidine rings is 1. The largest absolute Gasteiger partial charge is 0.486 e. The number of rotatable bonds is 9. The lowest BCUT2D eigenvalue weighted by atomic mass is 9.84. The van der Waals surface area contributed by atoms with Gasteiger partial charge in [0.05, 0.1) is 12.6 Å². The van der Waals surface area contributed by atoms with Crippen LogP contribution in [0.5, 0.6) is 11.5 Å². The molecule has 2 aliphatic heterocycles. The fraction of sp³-hybridized carbons (Fsp3) is 0.708. The van der Waals surface area contributed by atoms with E-state index in [1.807, 2.05) is 6.07 Å². The van der Waals surface area contributed by atoms with Gasteiger partial charge in [0.15, 0.2) is 17.5 Å². The number of nitrogens with zero attached hydrogens (tertiary/aromatic N) is 2. The number of fused-ring (bicyclic) bond motifs is 1. The first-order valence-electron chi connectivity index (χ1n) is 11.6. The van der Waals surface area contributed by atoms with E-state index >= 15 is 0 Å². The van der Waals surface area contributed by atoms with Gasteiger partial charge < -0.3 is 29.2 Å². The van der Waals surface area contributed by atoms with Crippen LogP contribution in [0.1, 0.15) is 45.6 Å². The molecule has 1 aromatic carbocycles. The van der Waals surface area contributed by atoms with E-state index < -0.39 is 0 Å². The number of benzene rings is 1. The highest BCUT2D eigenvalue weighted by Crippen LogP contribution is 2.35. The first kappa shape index (κ1) is 23.7. The molecule has 0 unspecified atom stereocenters. The van der Waals surface area contributed by atoms with Gasteiger partial charge in [-0.05, 0) is 43.9 Å². The maximum Gasteiger partial charge on any atom is 0.193 e. The predicted octanol–water partition coefficient (Wildman–Crippen LogP) is 3.22. The lowest BCUT2D eigenvalue weighted by Crippen LogP contribution is -2.47. The first-order valence-corrected chi connectivity index (χ1v) is 11.6. The van der Waals surface area contributed by atoms with Gasteiger partial charge in [0, 0.05) is 45.4 Å². The second-order valence-corrected chi connectivity index (χ2v) is 8.82. The second-order valence-electron chi connectivity index (χ2n) is 8.82. The van der Waals surface area contributed by atoms with Gasteiger partial charge in [-0.15, -0.1) is 0 Å². The van der Waals surface area contributed by atoms with E-state index in [-0.39, 0.29) is 5.41 Å². The zero-order valence-corrected chi connectivity index (χ0v) is 19.6. The summed E-state index contributed by atoms with van der Waals surface area (Å²) in [5.74, 6) is 2.65. The van der Waals surface area contributed by atoms with Crippen molar-refractivity contribution in [2.45, 2.75) is 51.6 Å². The molecule has 0 aliphatic carbocycles. The molecule has 0 spiro atoms. The third-order valence-corrected chi connectivity index (χ3v) is 5.87. The van der Waals surface area contributed by atoms with Gasteiger partial charge in [0.25, 0.3) is 0 Å². The molecular formula is C24H39N3O4. The smallest absolute Gasteiger partial charge is 0.193 e. The van der Waals surface area contributed by atoms with Gasteiger partial charge in [-0.1, -0.05) is 19.9 Å². The Morgan fingerprint density at radius 2 is 1.90 bits per heavy atom. The molecule has 1 fully saturated rings. The van der Waals surface area contributed by atoms with Crippen molar-refractivity contribution in [2.24, 2.45) is 4.99 Å². The van der Waals surface area contributed by atoms with Crippen LogP contribution in [0.15, 0.2) is 23.2 Å². The van der Waals surface area contributed by atoms with Gasteiger partial charge in [-0.25, -0.2) is 0 Å². The van der Waals surface area contributed by atoms with E-state index in [4.69, 9.17) is 23.9 Å². The monoisotopic (exact) mass is 433 g/mol. The standard InChI is InChI=1S/C24H39N3O4/c1-5-25-23(27-11-9-20(10-12-27)29-14-6-13-28-4)26-18-24(2,3)19-7-8-21-22(17-19)31-16-15-30-21/h7-8,17,20H,5-6,9-16,18H2,1-4H3,(H,25,26). The van der Waals surface area contributed by atoms with Crippen molar-refractivity contribution in [1.82, 2.24) is 10.2 Å². The number of likely N-dealkylation sites (tertiary alicyclic amines) is 1. The second kappa shape index (κ2) is 11.6. The zero-order chi connectivity index (χ0) is 22.1. The Kier molecular flexibility index (Phi) is 8.84. The van der Waals surface area contributed by atoms with Crippen LogP contribution < -0.4 is 14.8 Å². The molecule has 2 aliphatic rings. The van der Waals surface area contributed by atoms with Crippen molar-refractivity contribution >= 4 is 5.96 Å². The average Bonchev–Trinajstić information content (AvgIpc) is 2.79. The number of hydrogen-bond acceptors (Lipinski definition) is 5. The summed E-state index contributed by atoms with van der Waals surface area (Å²) < 4.78 is 22.5. The molecule has 0 atom stereocenters. The predicted molar refractivity (Wildman–Crippen MR) is 123 cm³/mol. The van der Waals surface area contributed by atoms with Crippen molar-refractivity contribution in [3.8, 4) is 11.5 Å². The highest BCUT2D eigenvalue weighted by Gasteiger charge is 2.26. The van der Waals surface area contributed by atoms with Crippen LogP contribution in [-0.4, -0.2) is 76.7 Å². The Morgan fingerprint density at radius 3 is 2.61 bits per heavy atom. The Bertz CT molecular complexity index is 715. The van der Waals surface area contributed by atoms with E-state index in [0.717, 1.165) is 69.6 Å². The molecule has 2 heterocycles. The van der Waals surface area contributed by atoms with E-state index in [9.17, 15) is 0 Å². The minimum atomic E-state index is -0.112. The Balaban J connectivity index is 1.58. The fourth-order valence-corrected chi connectivity index (χ4v) is 3.94. The van der Waals surface area contributed by atoms with Crippen LogP contribution in [0, 0.1) is 0 Å². The van der Waals surface area contributed by atoms with Gasteiger partial charge in [-0.2, -0.15) is 0 Å². The molecule has 1 N–H and O–H groups in total. The number of guanidine groups is 1. The van der Waals surface area contributed by atoms with Crippen molar-refractivity contribution in [3.63, 3.8) is 0 Å². The Labute approximate surface area is 187 Å². The number of ether oxygens (including phenoxy) is 4. The summed E-state index contributed by atoms with van der Waals surface area (Å²) in [7, 11) is 1.73. The maximum absolute atomic E-state index is 6.00. The molecule has 174 valence electrons. The average molecular weight is 434 g/mol. The van der Waals surface area contributed by atoms with Crippen LogP contribution in [0.3, 0.4) is 0 Å². The molecular weight excluding hydrogens is 394 g/mol. The zero-order valence-electron chi connectivity index (χ0n) is 19.6. The Morgan fingerprint density at radius 1 is 1.16 bits per heavy atom. The molecule has 0 bridgehead atoms. The summed E-state index contributed by atoms with van der Waals surface area (Å²) in [6, 6.07) is 6.24. The molecule has 3 rings (SSSR count). The van der Waals surface area contributed by atoms with E-state index in [0.29, 0.717) is 25.9 Å². The first-order chi connectivity index (χ1) is 15.0. The molecule has 7 nitrogen and oxygen atoms in total. The van der Waals surface area contributed by atoms with E-state index in [2.05, 4.69) is 43.1 Å². The van der Waals surface area contributed by atoms with Crippen LogP contribution in [0.4, 0.5) is 0 Å². The molecule has 1 saturated heterocycles. The quantitative estimate of drug-likeness (QED) is 0.367. The van der Waals surface area contributed by atoms with Crippen molar-refractivity contribution in [1.29, 1.82) is 0 Å². The molecule has 31 heavy (non-hydrogen) atoms. The molecule has 0 radical (unpaired) electrons. The summed E-state index contributed by atoms with van der Waals surface area (Å²) in [5, 5.41) is 3.47. The normalized spacial score (nSPS) is 17.7. The fourth-order valence-electron chi connectivity index (χ4n) is 3.94. The maximum atomic E-state index is 6.00. The summed E-state index contributed by atoms with van der Waals surface area (Å²) in [5.41, 5.74) is 1.10. The summed E-state index contributed by atoms with van der Waals surface area (Å²) in [6.07, 6.45) is 3.35. The van der Waals surface area contributed by atoms with Crippen LogP contribution in [-0.2, 0) is 14.9 Å². The van der Waals surface area contributed by atoms with Crippen LogP contribution in [0.25, 0.3) is 0 Å². The molecule has 0 aromatic heterocycles. The third-order valence-electron chi connectivity index (χ3n) is 5.87. The minimum Gasteiger partial charge on any atom is -0.486 e. The lowest BCUT2D eigenvalue weighted by Gasteiger charge is -2.35. The molecule has 1 aromatic rings. The number of nitrogens with one attached hydrogen (secondary N) is 1. The molecule has 0 amide bonds. The minimum absolute atomic E-state index is 0.112. The van der Waals surface area contributed by atoms with Gasteiger partial charge in [0.2, 0.25) is 0 Å². The molecule has 7 heteroatoms. The van der Waals surface area contributed by atoms with E-state index in [1.54, 1.807) is 7.11 Å². The highest BCUT2D eigenvalue weighted by atomic mass is 16.6. The summed E-state index contributed by atoms with van der Waals surface area (Å²) >= 11 is 0. The SMILES string of the molecule is CCNC(=NCC(C)(C)c1ccc2c(c1)OCCO2)N1CCC(OCCCOC)CC1. The Hall–Kier alpha value is -1.99. The van der Waals surface area contributed by atoms with Crippen molar-refractivity contribution in [3.05, 3.63) is 23.8 Å². The van der Waals surface area contributed by atoms with Gasteiger partial charge in [-0.3, -0.25) is 4.99 Å². The van der Waals surface area contributed by atoms with E-state index in [1.165, 1.54) is 5.56 Å². The number of aliphatic imine (C=N–C) groups is 1. The van der Waals surface area contributed by atoms with Gasteiger partial charge in [0.1, 0.15) is 13.2 Å². The number of methoxy groups -OCH3 is 1. The molecule has 0 saturated carbocycles. The van der Waals surface area contributed by atoms with Gasteiger partial charge >= 0.3 is 0 Å². The van der Waals surface area contributed by atoms with Crippen molar-refractivity contribution in [2.75, 3.05) is 59.7 Å². The van der Waals surface area contributed by atoms with Crippen LogP contribution >= 0.6 is 0 Å². The van der Waals surface area contributed by atoms with Crippen molar-refractivity contribution < 1.29 is 18.9 Å². The summed E-state index contributed by atoms with van der Waals surface area (Å²) in [4.78, 5) is 7.37. The lowest BCUT2D eigenvalue weighted by molar-refractivity contribution is 0.00989. The topological polar surface area (TPSA) is 64.6 Å². The highest BCUT2D eigenvalue weighted by molar-refractivity contribution is 5.80.